The minimum Gasteiger partial charge on any atom is -0.465 e. The molecule has 0 bridgehead atoms. The Bertz CT molecular complexity index is 223. The van der Waals surface area contributed by atoms with Crippen LogP contribution in [0.15, 0.2) is 0 Å². The number of thioether (sulfide) groups is 1. The summed E-state index contributed by atoms with van der Waals surface area (Å²) in [5.74, 6) is 1.18. The normalized spacial score (nSPS) is 30.5. The van der Waals surface area contributed by atoms with Crippen LogP contribution in [0.1, 0.15) is 32.6 Å². The lowest BCUT2D eigenvalue weighted by atomic mass is 9.86. The smallest absolute Gasteiger partial charge is 0.326 e. The van der Waals surface area contributed by atoms with E-state index in [4.69, 9.17) is 10.5 Å². The van der Waals surface area contributed by atoms with Crippen molar-refractivity contribution >= 4 is 17.7 Å². The van der Waals surface area contributed by atoms with Gasteiger partial charge in [0.15, 0.2) is 0 Å². The fourth-order valence-corrected chi connectivity index (χ4v) is 2.82. The lowest BCUT2D eigenvalue weighted by Crippen LogP contribution is -2.52. The van der Waals surface area contributed by atoms with Gasteiger partial charge in [0.25, 0.3) is 0 Å². The first-order valence-electron chi connectivity index (χ1n) is 5.60. The molecule has 0 saturated heterocycles. The highest BCUT2D eigenvalue weighted by Crippen LogP contribution is 2.37. The molecule has 1 saturated carbocycles. The third-order valence-corrected chi connectivity index (χ3v) is 3.84. The number of ether oxygens (including phenoxy) is 1. The fraction of sp³-hybridized carbons (Fsp3) is 0.909. The largest absolute Gasteiger partial charge is 0.465 e. The van der Waals surface area contributed by atoms with E-state index in [1.807, 2.05) is 6.92 Å². The Balaban J connectivity index is 2.59. The van der Waals surface area contributed by atoms with Crippen molar-refractivity contribution in [2.75, 3.05) is 18.6 Å². The maximum absolute atomic E-state index is 11.8. The van der Waals surface area contributed by atoms with Crippen molar-refractivity contribution < 1.29 is 9.53 Å². The third kappa shape index (κ3) is 2.88. The standard InChI is InChI=1S/C11H21NO2S/c1-3-14-10(13)11(12)7-4-5-9(11)6-8-15-2/h9H,3-8,12H2,1-2H3. The van der Waals surface area contributed by atoms with Gasteiger partial charge in [-0.15, -0.1) is 0 Å². The topological polar surface area (TPSA) is 52.3 Å². The minimum atomic E-state index is -0.703. The van der Waals surface area contributed by atoms with Crippen molar-refractivity contribution in [2.24, 2.45) is 11.7 Å². The summed E-state index contributed by atoms with van der Waals surface area (Å²) in [5.41, 5.74) is 5.49. The van der Waals surface area contributed by atoms with E-state index >= 15 is 0 Å². The van der Waals surface area contributed by atoms with E-state index in [9.17, 15) is 4.79 Å². The van der Waals surface area contributed by atoms with Crippen molar-refractivity contribution in [3.05, 3.63) is 0 Å². The molecule has 1 fully saturated rings. The number of esters is 1. The Morgan fingerprint density at radius 2 is 2.40 bits per heavy atom. The first-order valence-corrected chi connectivity index (χ1v) is 6.99. The van der Waals surface area contributed by atoms with Crippen LogP contribution in [0.5, 0.6) is 0 Å². The van der Waals surface area contributed by atoms with Gasteiger partial charge in [0.1, 0.15) is 5.54 Å². The molecule has 3 nitrogen and oxygen atoms in total. The summed E-state index contributed by atoms with van der Waals surface area (Å²) in [7, 11) is 0. The Labute approximate surface area is 96.1 Å². The van der Waals surface area contributed by atoms with Crippen LogP contribution >= 0.6 is 11.8 Å². The molecule has 1 aliphatic carbocycles. The number of hydrogen-bond donors (Lipinski definition) is 1. The second-order valence-corrected chi connectivity index (χ2v) is 5.12. The summed E-state index contributed by atoms with van der Waals surface area (Å²) in [4.78, 5) is 11.8. The Hall–Kier alpha value is -0.220. The van der Waals surface area contributed by atoms with Crippen LogP contribution in [-0.4, -0.2) is 30.1 Å². The van der Waals surface area contributed by atoms with Gasteiger partial charge in [0, 0.05) is 0 Å². The first-order chi connectivity index (χ1) is 7.15. The van der Waals surface area contributed by atoms with Crippen molar-refractivity contribution in [2.45, 2.75) is 38.1 Å². The SMILES string of the molecule is CCOC(=O)C1(N)CCCC1CCSC. The summed E-state index contributed by atoms with van der Waals surface area (Å²) < 4.78 is 5.07. The molecule has 15 heavy (non-hydrogen) atoms. The van der Waals surface area contributed by atoms with Gasteiger partial charge in [-0.3, -0.25) is 4.79 Å². The minimum absolute atomic E-state index is 0.200. The quantitative estimate of drug-likeness (QED) is 0.733. The van der Waals surface area contributed by atoms with E-state index in [1.165, 1.54) is 0 Å². The molecule has 2 N–H and O–H groups in total. The van der Waals surface area contributed by atoms with Crippen molar-refractivity contribution in [1.82, 2.24) is 0 Å². The third-order valence-electron chi connectivity index (χ3n) is 3.20. The Kier molecular flexibility index (Phi) is 4.93. The lowest BCUT2D eigenvalue weighted by Gasteiger charge is -2.28. The highest BCUT2D eigenvalue weighted by molar-refractivity contribution is 7.98. The summed E-state index contributed by atoms with van der Waals surface area (Å²) in [6.45, 7) is 2.25. The highest BCUT2D eigenvalue weighted by Gasteiger charge is 2.46. The molecule has 0 aromatic heterocycles. The average Bonchev–Trinajstić information content (AvgIpc) is 2.59. The molecule has 0 spiro atoms. The second kappa shape index (κ2) is 5.75. The van der Waals surface area contributed by atoms with E-state index in [1.54, 1.807) is 11.8 Å². The maximum atomic E-state index is 11.8. The van der Waals surface area contributed by atoms with Crippen LogP contribution < -0.4 is 5.73 Å². The van der Waals surface area contributed by atoms with Gasteiger partial charge in [0.2, 0.25) is 0 Å². The first kappa shape index (κ1) is 12.8. The van der Waals surface area contributed by atoms with Crippen molar-refractivity contribution in [1.29, 1.82) is 0 Å². The predicted molar refractivity (Wildman–Crippen MR) is 63.9 cm³/mol. The molecule has 0 heterocycles. The van der Waals surface area contributed by atoms with E-state index in [0.717, 1.165) is 31.4 Å². The van der Waals surface area contributed by atoms with Gasteiger partial charge in [-0.05, 0) is 44.1 Å². The number of carbonyl (C=O) groups is 1. The predicted octanol–water partition coefficient (Wildman–Crippen LogP) is 1.80. The molecule has 0 radical (unpaired) electrons. The molecule has 0 aromatic rings. The molecule has 1 rings (SSSR count). The number of rotatable bonds is 5. The van der Waals surface area contributed by atoms with E-state index in [0.29, 0.717) is 12.5 Å². The van der Waals surface area contributed by atoms with Gasteiger partial charge >= 0.3 is 5.97 Å². The summed E-state index contributed by atoms with van der Waals surface area (Å²) in [6, 6.07) is 0. The maximum Gasteiger partial charge on any atom is 0.326 e. The molecule has 0 aromatic carbocycles. The van der Waals surface area contributed by atoms with Gasteiger partial charge in [0.05, 0.1) is 6.61 Å². The summed E-state index contributed by atoms with van der Waals surface area (Å²) in [5, 5.41) is 0. The highest BCUT2D eigenvalue weighted by atomic mass is 32.2. The fourth-order valence-electron chi connectivity index (χ4n) is 2.30. The van der Waals surface area contributed by atoms with Gasteiger partial charge in [-0.1, -0.05) is 6.42 Å². The summed E-state index contributed by atoms with van der Waals surface area (Å²) in [6.07, 6.45) is 6.00. The van der Waals surface area contributed by atoms with Crippen molar-refractivity contribution in [3.8, 4) is 0 Å². The van der Waals surface area contributed by atoms with Crippen molar-refractivity contribution in [3.63, 3.8) is 0 Å². The van der Waals surface area contributed by atoms with E-state index in [2.05, 4.69) is 6.26 Å². The number of hydrogen-bond acceptors (Lipinski definition) is 4. The lowest BCUT2D eigenvalue weighted by molar-refractivity contribution is -0.151. The van der Waals surface area contributed by atoms with Crippen LogP contribution in [0.4, 0.5) is 0 Å². The zero-order chi connectivity index (χ0) is 11.3. The molecule has 2 atom stereocenters. The van der Waals surface area contributed by atoms with E-state index < -0.39 is 5.54 Å². The Morgan fingerprint density at radius 1 is 1.67 bits per heavy atom. The average molecular weight is 231 g/mol. The van der Waals surface area contributed by atoms with Gasteiger partial charge in [-0.2, -0.15) is 11.8 Å². The number of carbonyl (C=O) groups excluding carboxylic acids is 1. The van der Waals surface area contributed by atoms with Crippen LogP contribution in [-0.2, 0) is 9.53 Å². The molecule has 1 aliphatic rings. The van der Waals surface area contributed by atoms with Crippen LogP contribution in [0, 0.1) is 5.92 Å². The molecule has 0 aliphatic heterocycles. The van der Waals surface area contributed by atoms with Crippen LogP contribution in [0.25, 0.3) is 0 Å². The molecule has 0 amide bonds. The molecule has 2 unspecified atom stereocenters. The van der Waals surface area contributed by atoms with Gasteiger partial charge in [-0.25, -0.2) is 0 Å². The zero-order valence-corrected chi connectivity index (χ0v) is 10.4. The van der Waals surface area contributed by atoms with Crippen LogP contribution in [0.3, 0.4) is 0 Å². The molecule has 88 valence electrons. The molecular formula is C11H21NO2S. The zero-order valence-electron chi connectivity index (χ0n) is 9.62. The molecular weight excluding hydrogens is 210 g/mol. The summed E-state index contributed by atoms with van der Waals surface area (Å²) >= 11 is 1.81. The number of nitrogens with two attached hydrogens (primary N) is 1. The molecule has 4 heteroatoms. The van der Waals surface area contributed by atoms with Gasteiger partial charge < -0.3 is 10.5 Å². The second-order valence-electron chi connectivity index (χ2n) is 4.13. The Morgan fingerprint density at radius 3 is 3.00 bits per heavy atom. The van der Waals surface area contributed by atoms with E-state index in [-0.39, 0.29) is 5.97 Å². The van der Waals surface area contributed by atoms with Crippen LogP contribution in [0.2, 0.25) is 0 Å². The monoisotopic (exact) mass is 231 g/mol.